The first-order valence-corrected chi connectivity index (χ1v) is 11.3. The quantitative estimate of drug-likeness (QED) is 0.406. The lowest BCUT2D eigenvalue weighted by Crippen LogP contribution is -2.40. The number of likely N-dealkylation sites (N-methyl/N-ethyl adjacent to an activating group) is 1. The topological polar surface area (TPSA) is 105 Å². The van der Waals surface area contributed by atoms with Crippen molar-refractivity contribution in [2.24, 2.45) is 0 Å². The van der Waals surface area contributed by atoms with Crippen LogP contribution in [0.5, 0.6) is 0 Å². The van der Waals surface area contributed by atoms with Crippen molar-refractivity contribution in [3.8, 4) is 0 Å². The lowest BCUT2D eigenvalue weighted by Gasteiger charge is -2.17. The molecule has 1 aliphatic rings. The van der Waals surface area contributed by atoms with Gasteiger partial charge in [0.1, 0.15) is 5.82 Å². The Kier molecular flexibility index (Phi) is 8.42. The molecule has 0 aromatic heterocycles. The van der Waals surface area contributed by atoms with E-state index in [0.717, 1.165) is 24.6 Å². The molecule has 0 spiro atoms. The molecule has 10 heteroatoms. The second kappa shape index (κ2) is 11.5. The normalized spacial score (nSPS) is 12.5. The van der Waals surface area contributed by atoms with Crippen LogP contribution in [0.15, 0.2) is 53.4 Å². The maximum absolute atomic E-state index is 13.0. The van der Waals surface area contributed by atoms with Gasteiger partial charge >= 0.3 is 5.97 Å². The molecule has 0 unspecified atom stereocenters. The van der Waals surface area contributed by atoms with Crippen LogP contribution in [0.2, 0.25) is 0 Å². The van der Waals surface area contributed by atoms with Crippen LogP contribution in [0.25, 0.3) is 0 Å². The Bertz CT molecular complexity index is 1030. The molecule has 8 nitrogen and oxygen atoms in total. The van der Waals surface area contributed by atoms with Gasteiger partial charge in [-0.25, -0.2) is 9.18 Å². The average Bonchev–Trinajstić information content (AvgIpc) is 3.61. The minimum Gasteiger partial charge on any atom is -0.452 e. The Morgan fingerprint density at radius 2 is 1.76 bits per heavy atom. The van der Waals surface area contributed by atoms with Gasteiger partial charge in [-0.2, -0.15) is 0 Å². The van der Waals surface area contributed by atoms with Crippen molar-refractivity contribution in [2.45, 2.75) is 23.8 Å². The molecule has 3 rings (SSSR count). The van der Waals surface area contributed by atoms with Crippen LogP contribution in [-0.4, -0.2) is 60.6 Å². The Hall–Kier alpha value is -3.40. The molecule has 3 amide bonds. The molecule has 1 saturated carbocycles. The van der Waals surface area contributed by atoms with E-state index in [9.17, 15) is 23.6 Å². The second-order valence-electron chi connectivity index (χ2n) is 7.51. The number of hydrogen-bond acceptors (Lipinski definition) is 6. The summed E-state index contributed by atoms with van der Waals surface area (Å²) in [5.74, 6) is -2.17. The molecule has 0 radical (unpaired) electrons. The third-order valence-electron chi connectivity index (χ3n) is 4.67. The molecule has 1 aliphatic carbocycles. The molecule has 2 aromatic rings. The summed E-state index contributed by atoms with van der Waals surface area (Å²) in [6.45, 7) is -0.613. The molecule has 0 atom stereocenters. The van der Waals surface area contributed by atoms with Gasteiger partial charge in [0.25, 0.3) is 5.91 Å². The maximum atomic E-state index is 13.0. The third kappa shape index (κ3) is 7.90. The number of benzene rings is 2. The number of ether oxygens (including phenoxy) is 1. The lowest BCUT2D eigenvalue weighted by molar-refractivity contribution is -0.137. The first kappa shape index (κ1) is 24.2. The van der Waals surface area contributed by atoms with E-state index in [1.54, 1.807) is 24.3 Å². The van der Waals surface area contributed by atoms with Crippen molar-refractivity contribution < 1.29 is 28.3 Å². The van der Waals surface area contributed by atoms with Gasteiger partial charge in [0.2, 0.25) is 11.8 Å². The van der Waals surface area contributed by atoms with Crippen molar-refractivity contribution in [1.29, 1.82) is 0 Å². The Morgan fingerprint density at radius 3 is 2.45 bits per heavy atom. The van der Waals surface area contributed by atoms with Crippen molar-refractivity contribution in [1.82, 2.24) is 10.2 Å². The van der Waals surface area contributed by atoms with Crippen molar-refractivity contribution >= 4 is 41.1 Å². The predicted molar refractivity (Wildman–Crippen MR) is 121 cm³/mol. The first-order valence-electron chi connectivity index (χ1n) is 10.3. The largest absolute Gasteiger partial charge is 0.452 e. The summed E-state index contributed by atoms with van der Waals surface area (Å²) in [5.41, 5.74) is 0.683. The van der Waals surface area contributed by atoms with Crippen molar-refractivity contribution in [2.75, 3.05) is 31.3 Å². The van der Waals surface area contributed by atoms with E-state index in [0.29, 0.717) is 10.6 Å². The van der Waals surface area contributed by atoms with Crippen molar-refractivity contribution in [3.63, 3.8) is 0 Å². The lowest BCUT2D eigenvalue weighted by atomic mass is 10.2. The number of amides is 3. The summed E-state index contributed by atoms with van der Waals surface area (Å²) >= 11 is 1.13. The number of nitrogens with zero attached hydrogens (tertiary/aromatic N) is 1. The van der Waals surface area contributed by atoms with Crippen LogP contribution in [-0.2, 0) is 19.1 Å². The Balaban J connectivity index is 1.48. The van der Waals surface area contributed by atoms with Crippen molar-refractivity contribution in [3.05, 3.63) is 59.9 Å². The smallest absolute Gasteiger partial charge is 0.339 e. The van der Waals surface area contributed by atoms with Gasteiger partial charge in [-0.05, 0) is 49.2 Å². The number of halogens is 1. The summed E-state index contributed by atoms with van der Waals surface area (Å²) in [6, 6.07) is 12.2. The van der Waals surface area contributed by atoms with Gasteiger partial charge in [0.15, 0.2) is 6.61 Å². The summed E-state index contributed by atoms with van der Waals surface area (Å²) in [4.78, 5) is 50.4. The minimum absolute atomic E-state index is 0.0133. The van der Waals surface area contributed by atoms with Gasteiger partial charge in [-0.15, -0.1) is 11.8 Å². The molecule has 1 fully saturated rings. The molecule has 0 aliphatic heterocycles. The van der Waals surface area contributed by atoms with Gasteiger partial charge in [0.05, 0.1) is 17.9 Å². The number of nitrogens with one attached hydrogen (secondary N) is 2. The number of anilines is 1. The highest BCUT2D eigenvalue weighted by atomic mass is 32.2. The van der Waals surface area contributed by atoms with Crippen LogP contribution >= 0.6 is 11.8 Å². The predicted octanol–water partition coefficient (Wildman–Crippen LogP) is 2.45. The van der Waals surface area contributed by atoms with E-state index in [2.05, 4.69) is 10.6 Å². The number of rotatable bonds is 10. The van der Waals surface area contributed by atoms with Crippen LogP contribution in [0.3, 0.4) is 0 Å². The Morgan fingerprint density at radius 1 is 1.06 bits per heavy atom. The highest BCUT2D eigenvalue weighted by molar-refractivity contribution is 8.00. The fraction of sp³-hybridized carbons (Fsp3) is 0.304. The van der Waals surface area contributed by atoms with E-state index >= 15 is 0 Å². The SMILES string of the molecule is CN(CC(=O)NC1CC1)C(=O)COC(=O)c1ccccc1SCC(=O)Nc1ccc(F)cc1. The molecule has 0 saturated heterocycles. The van der Waals surface area contributed by atoms with E-state index in [4.69, 9.17) is 4.74 Å². The van der Waals surface area contributed by atoms with Crippen LogP contribution in [0, 0.1) is 5.82 Å². The van der Waals surface area contributed by atoms with Gasteiger partial charge in [-0.1, -0.05) is 12.1 Å². The molecular weight excluding hydrogens is 449 g/mol. The number of carbonyl (C=O) groups excluding carboxylic acids is 4. The highest BCUT2D eigenvalue weighted by Gasteiger charge is 2.24. The van der Waals surface area contributed by atoms with Gasteiger partial charge < -0.3 is 20.3 Å². The van der Waals surface area contributed by atoms with E-state index in [-0.39, 0.29) is 35.7 Å². The zero-order valence-electron chi connectivity index (χ0n) is 18.0. The first-order chi connectivity index (χ1) is 15.8. The Labute approximate surface area is 194 Å². The fourth-order valence-electron chi connectivity index (χ4n) is 2.75. The number of esters is 1. The van der Waals surface area contributed by atoms with Crippen LogP contribution in [0.4, 0.5) is 10.1 Å². The molecule has 0 heterocycles. The van der Waals surface area contributed by atoms with E-state index < -0.39 is 24.3 Å². The van der Waals surface area contributed by atoms with E-state index in [1.165, 1.54) is 36.2 Å². The van der Waals surface area contributed by atoms with Crippen LogP contribution < -0.4 is 10.6 Å². The molecular formula is C23H24FN3O5S. The standard InChI is InChI=1S/C23H24FN3O5S/c1-27(12-20(28)25-17-10-11-17)22(30)13-32-23(31)18-4-2-3-5-19(18)33-14-21(29)26-16-8-6-15(24)7-9-16/h2-9,17H,10-14H2,1H3,(H,25,28)(H,26,29). The molecule has 2 N–H and O–H groups in total. The number of carbonyl (C=O) groups is 4. The summed E-state index contributed by atoms with van der Waals surface area (Å²) < 4.78 is 18.1. The monoisotopic (exact) mass is 473 g/mol. The fourth-order valence-corrected chi connectivity index (χ4v) is 3.59. The van der Waals surface area contributed by atoms with E-state index in [1.807, 2.05) is 0 Å². The van der Waals surface area contributed by atoms with Gasteiger partial charge in [0, 0.05) is 23.7 Å². The van der Waals surface area contributed by atoms with Gasteiger partial charge in [-0.3, -0.25) is 14.4 Å². The highest BCUT2D eigenvalue weighted by Crippen LogP contribution is 2.24. The maximum Gasteiger partial charge on any atom is 0.339 e. The summed E-state index contributed by atoms with van der Waals surface area (Å²) in [7, 11) is 1.46. The molecule has 2 aromatic carbocycles. The zero-order chi connectivity index (χ0) is 23.8. The third-order valence-corrected chi connectivity index (χ3v) is 5.74. The van der Waals surface area contributed by atoms with Crippen LogP contribution in [0.1, 0.15) is 23.2 Å². The molecule has 0 bridgehead atoms. The zero-order valence-corrected chi connectivity index (χ0v) is 18.8. The minimum atomic E-state index is -0.707. The number of thioether (sulfide) groups is 1. The molecule has 174 valence electrons. The second-order valence-corrected chi connectivity index (χ2v) is 8.52. The average molecular weight is 474 g/mol. The molecule has 33 heavy (non-hydrogen) atoms. The number of hydrogen-bond donors (Lipinski definition) is 2. The summed E-state index contributed by atoms with van der Waals surface area (Å²) in [5, 5.41) is 5.43. The summed E-state index contributed by atoms with van der Waals surface area (Å²) in [6.07, 6.45) is 1.90.